The van der Waals surface area contributed by atoms with E-state index >= 15 is 0 Å². The first-order chi connectivity index (χ1) is 17.6. The van der Waals surface area contributed by atoms with Crippen LogP contribution in [0.15, 0.2) is 95.7 Å². The highest BCUT2D eigenvalue weighted by Gasteiger charge is 2.45. The summed E-state index contributed by atoms with van der Waals surface area (Å²) in [6.45, 7) is 4.78. The Bertz CT molecular complexity index is 1520. The zero-order chi connectivity index (χ0) is 26.5. The summed E-state index contributed by atoms with van der Waals surface area (Å²) in [4.78, 5) is 4.44. The first-order valence-electron chi connectivity index (χ1n) is 13.0. The molecule has 1 heterocycles. The highest BCUT2D eigenvalue weighted by molar-refractivity contribution is 7.08. The van der Waals surface area contributed by atoms with Crippen molar-refractivity contribution in [2.75, 3.05) is 52.1 Å². The topological polar surface area (TPSA) is 9.49 Å². The summed E-state index contributed by atoms with van der Waals surface area (Å²) in [6.07, 6.45) is 7.12. The SMILES string of the molecule is Cc1ccccc1C1=C2C=CC(=[N+](C)C)C=C2[Si](C)(c2cccc(N(C)C)c2)c2cc(N(C)C)ccc21. The Morgan fingerprint density at radius 2 is 1.43 bits per heavy atom. The molecule has 37 heavy (non-hydrogen) atoms. The molecule has 0 spiro atoms. The molecule has 3 aromatic rings. The number of benzene rings is 3. The third-order valence-corrected chi connectivity index (χ3v) is 12.5. The van der Waals surface area contributed by atoms with E-state index in [-0.39, 0.29) is 0 Å². The molecular formula is C33H38N3Si+. The van der Waals surface area contributed by atoms with E-state index in [0.29, 0.717) is 0 Å². The molecule has 1 atom stereocenters. The molecule has 2 aliphatic rings. The van der Waals surface area contributed by atoms with E-state index in [2.05, 4.69) is 155 Å². The van der Waals surface area contributed by atoms with Crippen LogP contribution < -0.4 is 20.2 Å². The van der Waals surface area contributed by atoms with Crippen LogP contribution in [0, 0.1) is 6.92 Å². The zero-order valence-corrected chi connectivity index (χ0v) is 24.4. The molecule has 0 aromatic heterocycles. The predicted molar refractivity (Wildman–Crippen MR) is 164 cm³/mol. The molecule has 3 aromatic carbocycles. The van der Waals surface area contributed by atoms with Crippen molar-refractivity contribution in [2.45, 2.75) is 13.5 Å². The van der Waals surface area contributed by atoms with Crippen LogP contribution in [0.4, 0.5) is 11.4 Å². The maximum absolute atomic E-state index is 2.55. The van der Waals surface area contributed by atoms with Crippen molar-refractivity contribution in [3.05, 3.63) is 112 Å². The minimum atomic E-state index is -2.38. The first kappa shape index (κ1) is 25.0. The van der Waals surface area contributed by atoms with Crippen molar-refractivity contribution >= 4 is 41.1 Å². The second kappa shape index (κ2) is 9.35. The minimum absolute atomic E-state index is 1.25. The average molecular weight is 505 g/mol. The van der Waals surface area contributed by atoms with Gasteiger partial charge in [0.2, 0.25) is 0 Å². The van der Waals surface area contributed by atoms with Crippen LogP contribution in [-0.4, -0.2) is 60.6 Å². The van der Waals surface area contributed by atoms with E-state index in [1.807, 2.05) is 0 Å². The number of hydrogen-bond acceptors (Lipinski definition) is 2. The number of hydrogen-bond donors (Lipinski definition) is 0. The van der Waals surface area contributed by atoms with Gasteiger partial charge in [-0.05, 0) is 80.7 Å². The Balaban J connectivity index is 1.94. The van der Waals surface area contributed by atoms with Gasteiger partial charge in [-0.3, -0.25) is 0 Å². The fourth-order valence-electron chi connectivity index (χ4n) is 5.72. The highest BCUT2D eigenvalue weighted by Crippen LogP contribution is 2.42. The molecule has 3 nitrogen and oxygen atoms in total. The summed E-state index contributed by atoms with van der Waals surface area (Å²) in [5.74, 6) is 0. The van der Waals surface area contributed by atoms with Gasteiger partial charge in [0.25, 0.3) is 0 Å². The molecule has 4 heteroatoms. The molecule has 0 saturated carbocycles. The van der Waals surface area contributed by atoms with E-state index in [1.54, 1.807) is 0 Å². The van der Waals surface area contributed by atoms with Gasteiger partial charge in [-0.25, -0.2) is 4.58 Å². The molecule has 1 unspecified atom stereocenters. The Morgan fingerprint density at radius 1 is 0.730 bits per heavy atom. The monoisotopic (exact) mass is 504 g/mol. The van der Waals surface area contributed by atoms with Crippen LogP contribution in [0.5, 0.6) is 0 Å². The van der Waals surface area contributed by atoms with Gasteiger partial charge < -0.3 is 9.80 Å². The van der Waals surface area contributed by atoms with Gasteiger partial charge in [0.15, 0.2) is 5.71 Å². The summed E-state index contributed by atoms with van der Waals surface area (Å²) in [5, 5.41) is 4.41. The summed E-state index contributed by atoms with van der Waals surface area (Å²) in [5.41, 5.74) is 10.5. The lowest BCUT2D eigenvalue weighted by molar-refractivity contribution is -0.462. The van der Waals surface area contributed by atoms with E-state index in [9.17, 15) is 0 Å². The number of aryl methyl sites for hydroxylation is 1. The van der Waals surface area contributed by atoms with Crippen molar-refractivity contribution in [3.8, 4) is 0 Å². The van der Waals surface area contributed by atoms with Crippen molar-refractivity contribution in [1.29, 1.82) is 0 Å². The molecule has 0 N–H and O–H groups in total. The molecular weight excluding hydrogens is 466 g/mol. The molecule has 0 radical (unpaired) electrons. The van der Waals surface area contributed by atoms with Crippen LogP contribution in [0.25, 0.3) is 5.57 Å². The van der Waals surface area contributed by atoms with Gasteiger partial charge in [-0.15, -0.1) is 0 Å². The third kappa shape index (κ3) is 4.10. The van der Waals surface area contributed by atoms with E-state index in [0.717, 1.165) is 0 Å². The lowest BCUT2D eigenvalue weighted by Gasteiger charge is -2.41. The number of anilines is 2. The Morgan fingerprint density at radius 3 is 2.11 bits per heavy atom. The average Bonchev–Trinajstić information content (AvgIpc) is 2.89. The van der Waals surface area contributed by atoms with Gasteiger partial charge in [0, 0.05) is 51.7 Å². The molecule has 0 saturated heterocycles. The summed E-state index contributed by atoms with van der Waals surface area (Å²) >= 11 is 0. The van der Waals surface area contributed by atoms with Gasteiger partial charge in [0.05, 0.1) is 0 Å². The van der Waals surface area contributed by atoms with E-state index in [4.69, 9.17) is 0 Å². The van der Waals surface area contributed by atoms with Crippen LogP contribution in [0.1, 0.15) is 16.7 Å². The van der Waals surface area contributed by atoms with E-state index in [1.165, 1.54) is 60.5 Å². The third-order valence-electron chi connectivity index (χ3n) is 8.01. The largest absolute Gasteiger partial charge is 0.378 e. The first-order valence-corrected chi connectivity index (χ1v) is 15.5. The lowest BCUT2D eigenvalue weighted by Crippen LogP contribution is -2.61. The molecule has 5 rings (SSSR count). The van der Waals surface area contributed by atoms with Crippen molar-refractivity contribution in [3.63, 3.8) is 0 Å². The predicted octanol–water partition coefficient (Wildman–Crippen LogP) is 4.88. The van der Waals surface area contributed by atoms with Crippen molar-refractivity contribution in [2.24, 2.45) is 0 Å². The fraction of sp³-hybridized carbons (Fsp3) is 0.242. The van der Waals surface area contributed by atoms with Crippen LogP contribution in [0.2, 0.25) is 6.55 Å². The van der Waals surface area contributed by atoms with Crippen molar-refractivity contribution in [1.82, 2.24) is 0 Å². The Labute approximate surface area is 223 Å². The zero-order valence-electron chi connectivity index (χ0n) is 23.4. The Kier molecular flexibility index (Phi) is 6.32. The van der Waals surface area contributed by atoms with E-state index < -0.39 is 8.07 Å². The highest BCUT2D eigenvalue weighted by atomic mass is 28.3. The summed E-state index contributed by atoms with van der Waals surface area (Å²) in [6, 6.07) is 25.2. The van der Waals surface area contributed by atoms with Gasteiger partial charge in [-0.2, -0.15) is 0 Å². The van der Waals surface area contributed by atoms with Crippen LogP contribution in [-0.2, 0) is 0 Å². The molecule has 1 aliphatic carbocycles. The minimum Gasteiger partial charge on any atom is -0.378 e. The van der Waals surface area contributed by atoms with Gasteiger partial charge in [0.1, 0.15) is 22.2 Å². The fourth-order valence-corrected chi connectivity index (χ4v) is 9.87. The van der Waals surface area contributed by atoms with Crippen LogP contribution in [0.3, 0.4) is 0 Å². The maximum Gasteiger partial charge on any atom is 0.199 e. The number of rotatable bonds is 4. The molecule has 0 fully saturated rings. The number of fused-ring (bicyclic) bond motifs is 2. The summed E-state index contributed by atoms with van der Waals surface area (Å²) in [7, 11) is 10.4. The quantitative estimate of drug-likeness (QED) is 0.370. The number of nitrogens with zero attached hydrogens (tertiary/aromatic N) is 3. The smallest absolute Gasteiger partial charge is 0.199 e. The lowest BCUT2D eigenvalue weighted by atomic mass is 9.87. The number of allylic oxidation sites excluding steroid dienone is 5. The molecule has 1 aliphatic heterocycles. The second-order valence-corrected chi connectivity index (χ2v) is 14.9. The standard InChI is InChI=1S/C33H38N3Si/c1-23-12-9-10-15-28(23)33-29-18-16-25(35(4)5)21-31(29)37(8,27-14-11-13-24(20-27)34(2)3)32-22-26(36(6)7)17-19-30(32)33/h9-22H,1-8H3/q+1. The van der Waals surface area contributed by atoms with Crippen molar-refractivity contribution < 1.29 is 4.58 Å². The molecule has 188 valence electrons. The normalized spacial score (nSPS) is 18.3. The maximum atomic E-state index is 2.55. The van der Waals surface area contributed by atoms with Gasteiger partial charge in [-0.1, -0.05) is 49.0 Å². The molecule has 0 bridgehead atoms. The van der Waals surface area contributed by atoms with Crippen LogP contribution >= 0.6 is 0 Å². The van der Waals surface area contributed by atoms with Gasteiger partial charge >= 0.3 is 0 Å². The molecule has 0 amide bonds. The Hall–Kier alpha value is -3.63. The summed E-state index contributed by atoms with van der Waals surface area (Å²) < 4.78 is 2.23. The second-order valence-electron chi connectivity index (χ2n) is 11.0.